The van der Waals surface area contributed by atoms with Crippen molar-refractivity contribution in [2.45, 2.75) is 38.8 Å². The second-order valence-corrected chi connectivity index (χ2v) is 7.96. The predicted molar refractivity (Wildman–Crippen MR) is 115 cm³/mol. The Labute approximate surface area is 196 Å². The van der Waals surface area contributed by atoms with E-state index in [4.69, 9.17) is 34.3 Å². The first-order valence-corrected chi connectivity index (χ1v) is 9.21. The second kappa shape index (κ2) is 11.8. The van der Waals surface area contributed by atoms with E-state index in [1.807, 2.05) is 27.7 Å². The summed E-state index contributed by atoms with van der Waals surface area (Å²) >= 11 is 11.9. The molecule has 0 bridgehead atoms. The molecule has 0 fully saturated rings. The largest absolute Gasteiger partial charge is 3.00 e. The van der Waals surface area contributed by atoms with Crippen LogP contribution in [0.15, 0.2) is 46.4 Å². The molecule has 10 heteroatoms. The summed E-state index contributed by atoms with van der Waals surface area (Å²) in [6, 6.07) is 9.08. The molecule has 0 radical (unpaired) electrons. The van der Waals surface area contributed by atoms with Crippen LogP contribution in [-0.2, 0) is 17.1 Å². The summed E-state index contributed by atoms with van der Waals surface area (Å²) in [5.41, 5.74) is 13.1. The summed E-state index contributed by atoms with van der Waals surface area (Å²) in [6.45, 7) is 7.63. The molecule has 0 amide bonds. The van der Waals surface area contributed by atoms with E-state index in [-0.39, 0.29) is 28.6 Å². The maximum absolute atomic E-state index is 11.9. The summed E-state index contributed by atoms with van der Waals surface area (Å²) < 4.78 is 0. The number of rotatable bonds is 5. The van der Waals surface area contributed by atoms with Crippen LogP contribution < -0.4 is 10.2 Å². The van der Waals surface area contributed by atoms with Gasteiger partial charge in [-0.3, -0.25) is 14.9 Å². The second-order valence-electron chi connectivity index (χ2n) is 7.09. The number of aliphatic imine (C=N–C) groups is 2. The number of nitrogens with zero attached hydrogens (tertiary/aromatic N) is 5. The van der Waals surface area contributed by atoms with Crippen molar-refractivity contribution in [2.24, 2.45) is 9.98 Å². The van der Waals surface area contributed by atoms with Crippen molar-refractivity contribution >= 4 is 35.6 Å². The van der Waals surface area contributed by atoms with Gasteiger partial charge in [0, 0.05) is 22.5 Å². The molecule has 0 unspecified atom stereocenters. The first kappa shape index (κ1) is 27.8. The minimum absolute atomic E-state index is 0. The molecule has 2 aromatic carbocycles. The van der Waals surface area contributed by atoms with E-state index in [9.17, 15) is 10.2 Å². The van der Waals surface area contributed by atoms with E-state index >= 15 is 0 Å². The number of benzene rings is 2. The Hall–Kier alpha value is -2.21. The van der Waals surface area contributed by atoms with Crippen LogP contribution in [0, 0.1) is 0 Å². The standard InChI is InChI=1S/C20H22Cl2N2O2.Mn.N3/c1-19(2,23-11-13-9-15(21)5-7-17(13)25)20(3,4)24-12-14-10-16(22)6-8-18(14)26;;1-3-2/h5-12,25-26H,1-4H3;;/q;+3;-1/p-2. The summed E-state index contributed by atoms with van der Waals surface area (Å²) in [6.07, 6.45) is 3.04. The van der Waals surface area contributed by atoms with Crippen molar-refractivity contribution in [3.05, 3.63) is 73.5 Å². The zero-order valence-corrected chi connectivity index (χ0v) is 19.5. The molecule has 2 aromatic rings. The third-order valence-electron chi connectivity index (χ3n) is 4.49. The van der Waals surface area contributed by atoms with Crippen LogP contribution in [0.2, 0.25) is 10.0 Å². The molecule has 0 saturated heterocycles. The maximum atomic E-state index is 11.9. The van der Waals surface area contributed by atoms with Crippen molar-refractivity contribution in [2.75, 3.05) is 0 Å². The van der Waals surface area contributed by atoms with Crippen LogP contribution in [0.25, 0.3) is 16.0 Å². The van der Waals surface area contributed by atoms with Crippen LogP contribution in [0.4, 0.5) is 0 Å². The van der Waals surface area contributed by atoms with Crippen LogP contribution in [0.5, 0.6) is 11.5 Å². The summed E-state index contributed by atoms with van der Waals surface area (Å²) in [5, 5.41) is 24.7. The Balaban J connectivity index is 0.00000198. The Morgan fingerprint density at radius 2 is 1.10 bits per heavy atom. The van der Waals surface area contributed by atoms with Gasteiger partial charge in [-0.2, -0.15) is 0 Å². The van der Waals surface area contributed by atoms with Gasteiger partial charge in [0.2, 0.25) is 0 Å². The van der Waals surface area contributed by atoms with Gasteiger partial charge in [-0.15, -0.1) is 0 Å². The number of halogens is 2. The topological polar surface area (TPSA) is 130 Å². The quantitative estimate of drug-likeness (QED) is 0.191. The minimum atomic E-state index is -0.639. The van der Waals surface area contributed by atoms with Crippen molar-refractivity contribution in [3.63, 3.8) is 0 Å². The van der Waals surface area contributed by atoms with Gasteiger partial charge in [-0.05, 0) is 63.1 Å². The van der Waals surface area contributed by atoms with Gasteiger partial charge < -0.3 is 21.3 Å². The van der Waals surface area contributed by atoms with Crippen molar-refractivity contribution < 1.29 is 27.3 Å². The third kappa shape index (κ3) is 7.90. The van der Waals surface area contributed by atoms with Crippen molar-refractivity contribution in [1.82, 2.24) is 0 Å². The third-order valence-corrected chi connectivity index (χ3v) is 4.96. The van der Waals surface area contributed by atoms with Gasteiger partial charge >= 0.3 is 17.1 Å². The maximum Gasteiger partial charge on any atom is 3.00 e. The van der Waals surface area contributed by atoms with E-state index in [0.717, 1.165) is 0 Å². The smallest absolute Gasteiger partial charge is 0.872 e. The Morgan fingerprint density at radius 3 is 1.40 bits per heavy atom. The van der Waals surface area contributed by atoms with Crippen molar-refractivity contribution in [1.29, 1.82) is 0 Å². The summed E-state index contributed by atoms with van der Waals surface area (Å²) in [5.74, 6) is -0.296. The van der Waals surface area contributed by atoms with Crippen LogP contribution >= 0.6 is 23.2 Å². The molecule has 2 rings (SSSR count). The fourth-order valence-electron chi connectivity index (χ4n) is 2.02. The molecule has 0 saturated carbocycles. The van der Waals surface area contributed by atoms with E-state index < -0.39 is 11.1 Å². The molecule has 0 aliphatic rings. The first-order chi connectivity index (χ1) is 13.4. The zero-order valence-electron chi connectivity index (χ0n) is 16.8. The zero-order chi connectivity index (χ0) is 22.2. The van der Waals surface area contributed by atoms with E-state index in [0.29, 0.717) is 21.2 Å². The summed E-state index contributed by atoms with van der Waals surface area (Å²) in [4.78, 5) is 10.6. The molecular weight excluding hydrogens is 468 g/mol. The van der Waals surface area contributed by atoms with Gasteiger partial charge in [0.1, 0.15) is 0 Å². The molecule has 30 heavy (non-hydrogen) atoms. The van der Waals surface area contributed by atoms with E-state index in [2.05, 4.69) is 9.98 Å². The Kier molecular flexibility index (Phi) is 11.0. The number of hydrogen-bond donors (Lipinski definition) is 0. The normalized spacial score (nSPS) is 11.5. The fraction of sp³-hybridized carbons (Fsp3) is 0.300. The van der Waals surface area contributed by atoms with Gasteiger partial charge in [-0.1, -0.05) is 46.8 Å². The van der Waals surface area contributed by atoms with Crippen LogP contribution in [0.3, 0.4) is 0 Å². The molecule has 0 aliphatic heterocycles. The predicted octanol–water partition coefficient (Wildman–Crippen LogP) is 5.10. The molecule has 0 heterocycles. The minimum Gasteiger partial charge on any atom is -0.872 e. The van der Waals surface area contributed by atoms with Gasteiger partial charge in [-0.25, -0.2) is 0 Å². The molecule has 0 atom stereocenters. The van der Waals surface area contributed by atoms with Crippen molar-refractivity contribution in [3.8, 4) is 11.5 Å². The van der Waals surface area contributed by atoms with Gasteiger partial charge in [0.25, 0.3) is 0 Å². The Bertz CT molecular complexity index is 885. The van der Waals surface area contributed by atoms with E-state index in [1.54, 1.807) is 24.3 Å². The molecule has 0 spiro atoms. The van der Waals surface area contributed by atoms with E-state index in [1.165, 1.54) is 29.5 Å². The molecule has 7 nitrogen and oxygen atoms in total. The fourth-order valence-corrected chi connectivity index (χ4v) is 2.38. The molecular formula is C20H20Cl2MnN5O2. The van der Waals surface area contributed by atoms with Crippen LogP contribution in [0.1, 0.15) is 38.8 Å². The molecule has 0 aromatic heterocycles. The first-order valence-electron chi connectivity index (χ1n) is 8.45. The molecule has 0 N–H and O–H groups in total. The van der Waals surface area contributed by atoms with Crippen LogP contribution in [-0.4, -0.2) is 23.5 Å². The average Bonchev–Trinajstić information content (AvgIpc) is 2.64. The SMILES string of the molecule is CC(C)(N=Cc1cc(Cl)ccc1[O-])C(C)(C)N=Cc1cc(Cl)ccc1[O-].[Mn+3].[N-]=[N+]=[N-]. The summed E-state index contributed by atoms with van der Waals surface area (Å²) in [7, 11) is 0. The monoisotopic (exact) mass is 487 g/mol. The number of hydrogen-bond acceptors (Lipinski definition) is 4. The van der Waals surface area contributed by atoms with Gasteiger partial charge in [0.05, 0.1) is 11.1 Å². The average molecular weight is 488 g/mol. The molecule has 158 valence electrons. The van der Waals surface area contributed by atoms with Gasteiger partial charge in [0.15, 0.2) is 0 Å². The molecule has 0 aliphatic carbocycles. The Morgan fingerprint density at radius 1 is 0.800 bits per heavy atom.